The Morgan fingerprint density at radius 2 is 1.67 bits per heavy atom. The summed E-state index contributed by atoms with van der Waals surface area (Å²) in [5, 5.41) is 14.6. The Labute approximate surface area is 139 Å². The van der Waals surface area contributed by atoms with Gasteiger partial charge in [-0.1, -0.05) is 35.8 Å². The number of fused-ring (bicyclic) bond motifs is 2. The van der Waals surface area contributed by atoms with E-state index in [1.807, 2.05) is 48.5 Å². The van der Waals surface area contributed by atoms with E-state index in [-0.39, 0.29) is 6.04 Å². The number of benzene rings is 2. The first-order chi connectivity index (χ1) is 11.8. The lowest BCUT2D eigenvalue weighted by Crippen LogP contribution is -2.49. The molecule has 4 rings (SSSR count). The number of rotatable bonds is 2. The van der Waals surface area contributed by atoms with Gasteiger partial charge < -0.3 is 14.7 Å². The maximum atomic E-state index is 10.8. The van der Waals surface area contributed by atoms with E-state index in [1.54, 1.807) is 0 Å². The molecular formula is C18H18N4O2. The van der Waals surface area contributed by atoms with Crippen LogP contribution >= 0.6 is 0 Å². The van der Waals surface area contributed by atoms with E-state index >= 15 is 0 Å². The number of aliphatic hydroxyl groups is 1. The number of para-hydroxylation sites is 4. The number of hydrogen-bond donors (Lipinski definition) is 1. The molecule has 1 N–H and O–H groups in total. The summed E-state index contributed by atoms with van der Waals surface area (Å²) in [4.78, 5) is 5.04. The Morgan fingerprint density at radius 3 is 2.29 bits per heavy atom. The predicted octanol–water partition coefficient (Wildman–Crippen LogP) is 4.52. The third-order valence-electron chi connectivity index (χ3n) is 4.79. The van der Waals surface area contributed by atoms with E-state index < -0.39 is 12.1 Å². The van der Waals surface area contributed by atoms with Crippen LogP contribution in [0.1, 0.15) is 19.3 Å². The van der Waals surface area contributed by atoms with Crippen LogP contribution in [0.4, 0.5) is 11.4 Å². The zero-order valence-electron chi connectivity index (χ0n) is 13.1. The molecule has 6 heteroatoms. The lowest BCUT2D eigenvalue weighted by molar-refractivity contribution is 0.0874. The smallest absolute Gasteiger partial charge is 0.151 e. The van der Waals surface area contributed by atoms with Gasteiger partial charge in [0.05, 0.1) is 29.6 Å². The molecule has 1 heterocycles. The van der Waals surface area contributed by atoms with Crippen LogP contribution in [0.25, 0.3) is 10.4 Å². The van der Waals surface area contributed by atoms with Gasteiger partial charge in [0.15, 0.2) is 11.5 Å². The van der Waals surface area contributed by atoms with Gasteiger partial charge in [-0.15, -0.1) is 0 Å². The Hall–Kier alpha value is -2.69. The monoisotopic (exact) mass is 322 g/mol. The fourth-order valence-corrected chi connectivity index (χ4v) is 3.70. The molecule has 3 atom stereocenters. The van der Waals surface area contributed by atoms with Gasteiger partial charge in [-0.25, -0.2) is 0 Å². The molecule has 6 nitrogen and oxygen atoms in total. The van der Waals surface area contributed by atoms with Gasteiger partial charge in [-0.05, 0) is 42.6 Å². The van der Waals surface area contributed by atoms with E-state index in [9.17, 15) is 5.11 Å². The first-order valence-electron chi connectivity index (χ1n) is 8.17. The first kappa shape index (κ1) is 14.9. The molecule has 2 aromatic rings. The van der Waals surface area contributed by atoms with Crippen LogP contribution in [0.5, 0.6) is 11.5 Å². The minimum absolute atomic E-state index is 0.152. The standard InChI is InChI=1S/C18H18N4O2/c19-21-20-12-6-5-9-15(18(12)23)22-13-7-1-3-10-16(13)24-17-11-4-2-8-14(17)22/h1-4,7-8,10-12,15,18,23H,5-6,9H2/t12?,15-,18-/m0/s1. The maximum Gasteiger partial charge on any atom is 0.151 e. The second kappa shape index (κ2) is 6.07. The summed E-state index contributed by atoms with van der Waals surface area (Å²) in [7, 11) is 0. The highest BCUT2D eigenvalue weighted by Gasteiger charge is 2.39. The van der Waals surface area contributed by atoms with E-state index in [0.29, 0.717) is 0 Å². The van der Waals surface area contributed by atoms with Crippen LogP contribution in [0.2, 0.25) is 0 Å². The lowest BCUT2D eigenvalue weighted by atomic mass is 9.86. The molecule has 0 amide bonds. The van der Waals surface area contributed by atoms with Crippen LogP contribution in [0.3, 0.4) is 0 Å². The van der Waals surface area contributed by atoms with Crippen molar-refractivity contribution in [3.8, 4) is 11.5 Å². The molecule has 1 saturated carbocycles. The minimum Gasteiger partial charge on any atom is -0.453 e. The number of ether oxygens (including phenoxy) is 1. The number of hydrogen-bond acceptors (Lipinski definition) is 4. The molecule has 1 fully saturated rings. The second-order valence-electron chi connectivity index (χ2n) is 6.17. The molecule has 0 radical (unpaired) electrons. The fraction of sp³-hybridized carbons (Fsp3) is 0.333. The van der Waals surface area contributed by atoms with E-state index in [4.69, 9.17) is 10.3 Å². The van der Waals surface area contributed by atoms with Crippen molar-refractivity contribution >= 4 is 11.4 Å². The van der Waals surface area contributed by atoms with Crippen molar-refractivity contribution in [2.24, 2.45) is 5.11 Å². The van der Waals surface area contributed by atoms with E-state index in [1.165, 1.54) is 0 Å². The average Bonchev–Trinajstić information content (AvgIpc) is 2.62. The van der Waals surface area contributed by atoms with E-state index in [2.05, 4.69) is 14.9 Å². The molecule has 0 aromatic heterocycles. The summed E-state index contributed by atoms with van der Waals surface area (Å²) in [6.07, 6.45) is 1.75. The molecule has 2 aromatic carbocycles. The molecule has 1 aliphatic carbocycles. The number of anilines is 2. The average molecular weight is 322 g/mol. The third kappa shape index (κ3) is 2.37. The topological polar surface area (TPSA) is 81.5 Å². The molecule has 122 valence electrons. The number of nitrogens with zero attached hydrogens (tertiary/aromatic N) is 4. The van der Waals surface area contributed by atoms with Crippen LogP contribution in [-0.4, -0.2) is 23.3 Å². The normalized spacial score (nSPS) is 25.0. The van der Waals surface area contributed by atoms with Gasteiger partial charge in [0.25, 0.3) is 0 Å². The summed E-state index contributed by atoms with van der Waals surface area (Å²) in [5.41, 5.74) is 10.6. The van der Waals surface area contributed by atoms with Gasteiger partial charge in [0.2, 0.25) is 0 Å². The van der Waals surface area contributed by atoms with Crippen molar-refractivity contribution in [2.75, 3.05) is 4.90 Å². The van der Waals surface area contributed by atoms with Gasteiger partial charge in [-0.2, -0.15) is 0 Å². The zero-order chi connectivity index (χ0) is 16.5. The molecule has 24 heavy (non-hydrogen) atoms. The molecule has 1 unspecified atom stereocenters. The van der Waals surface area contributed by atoms with Crippen LogP contribution < -0.4 is 9.64 Å². The highest BCUT2D eigenvalue weighted by Crippen LogP contribution is 2.49. The molecule has 0 bridgehead atoms. The maximum absolute atomic E-state index is 10.8. The summed E-state index contributed by atoms with van der Waals surface area (Å²) in [6.45, 7) is 0. The molecule has 0 spiro atoms. The molecule has 1 aliphatic heterocycles. The van der Waals surface area contributed by atoms with Crippen LogP contribution in [0.15, 0.2) is 53.6 Å². The summed E-state index contributed by atoms with van der Waals surface area (Å²) < 4.78 is 6.00. The third-order valence-corrected chi connectivity index (χ3v) is 4.79. The van der Waals surface area contributed by atoms with Gasteiger partial charge in [0, 0.05) is 4.91 Å². The Morgan fingerprint density at radius 1 is 1.04 bits per heavy atom. The van der Waals surface area contributed by atoms with Crippen LogP contribution in [-0.2, 0) is 0 Å². The highest BCUT2D eigenvalue weighted by molar-refractivity contribution is 5.78. The quantitative estimate of drug-likeness (QED) is 0.501. The lowest BCUT2D eigenvalue weighted by Gasteiger charge is -2.44. The van der Waals surface area contributed by atoms with Gasteiger partial charge >= 0.3 is 0 Å². The van der Waals surface area contributed by atoms with Crippen molar-refractivity contribution in [2.45, 2.75) is 37.5 Å². The largest absolute Gasteiger partial charge is 0.453 e. The SMILES string of the molecule is [N-]=[N+]=NC1CCC[C@H](N2c3ccccc3Oc3ccccc32)[C@H]1O. The summed E-state index contributed by atoms with van der Waals surface area (Å²) in [6, 6.07) is 15.1. The van der Waals surface area contributed by atoms with Crippen molar-refractivity contribution in [3.63, 3.8) is 0 Å². The number of azide groups is 1. The van der Waals surface area contributed by atoms with Crippen molar-refractivity contribution in [1.29, 1.82) is 0 Å². The van der Waals surface area contributed by atoms with Gasteiger partial charge in [0.1, 0.15) is 0 Å². The van der Waals surface area contributed by atoms with Gasteiger partial charge in [-0.3, -0.25) is 0 Å². The zero-order valence-corrected chi connectivity index (χ0v) is 13.1. The molecule has 2 aliphatic rings. The van der Waals surface area contributed by atoms with Crippen molar-refractivity contribution < 1.29 is 9.84 Å². The Bertz CT molecular complexity index is 758. The predicted molar refractivity (Wildman–Crippen MR) is 91.7 cm³/mol. The molecular weight excluding hydrogens is 304 g/mol. The minimum atomic E-state index is -0.714. The molecule has 0 saturated heterocycles. The van der Waals surface area contributed by atoms with E-state index in [0.717, 1.165) is 42.1 Å². The second-order valence-corrected chi connectivity index (χ2v) is 6.17. The first-order valence-corrected chi connectivity index (χ1v) is 8.17. The van der Waals surface area contributed by atoms with Crippen LogP contribution in [0, 0.1) is 0 Å². The Kier molecular flexibility index (Phi) is 3.76. The summed E-state index contributed by atoms with van der Waals surface area (Å²) >= 11 is 0. The Balaban J connectivity index is 1.81. The van der Waals surface area contributed by atoms with Crippen molar-refractivity contribution in [3.05, 3.63) is 59.0 Å². The highest BCUT2D eigenvalue weighted by atomic mass is 16.5. The van der Waals surface area contributed by atoms with Crippen molar-refractivity contribution in [1.82, 2.24) is 0 Å². The fourth-order valence-electron chi connectivity index (χ4n) is 3.70. The summed E-state index contributed by atoms with van der Waals surface area (Å²) in [5.74, 6) is 1.55. The number of aliphatic hydroxyl groups excluding tert-OH is 1.